The van der Waals surface area contributed by atoms with E-state index in [1.54, 1.807) is 0 Å². The lowest BCUT2D eigenvalue weighted by atomic mass is 10.0. The smallest absolute Gasteiger partial charge is 0.145 e. The zero-order valence-electron chi connectivity index (χ0n) is 11.0. The Bertz CT molecular complexity index is 384. The normalized spacial score (nSPS) is 12.4. The Kier molecular flexibility index (Phi) is 6.47. The van der Waals surface area contributed by atoms with Crippen LogP contribution in [-0.4, -0.2) is 6.61 Å². The number of nitrogen functional groups attached to an aromatic ring is 1. The fourth-order valence-electron chi connectivity index (χ4n) is 1.77. The lowest BCUT2D eigenvalue weighted by Gasteiger charge is -2.16. The molecule has 0 aromatic heterocycles. The molecule has 0 heterocycles. The largest absolute Gasteiger partial charge is 0.491 e. The summed E-state index contributed by atoms with van der Waals surface area (Å²) in [6.07, 6.45) is 4.60. The molecule has 18 heavy (non-hydrogen) atoms. The molecule has 1 aromatic carbocycles. The van der Waals surface area contributed by atoms with Crippen molar-refractivity contribution < 1.29 is 9.13 Å². The van der Waals surface area contributed by atoms with Crippen LogP contribution in [0, 0.1) is 11.7 Å². The minimum absolute atomic E-state index is 0.346. The van der Waals surface area contributed by atoms with E-state index in [2.05, 4.69) is 29.8 Å². The maximum atomic E-state index is 13.4. The van der Waals surface area contributed by atoms with E-state index in [0.717, 1.165) is 12.8 Å². The second-order valence-electron chi connectivity index (χ2n) is 4.53. The average molecular weight is 318 g/mol. The van der Waals surface area contributed by atoms with E-state index in [1.807, 2.05) is 0 Å². The highest BCUT2D eigenvalue weighted by atomic mass is 79.9. The standard InChI is InChI=1S/C14H21BrFNO/c1-3-5-6-10(4-2)9-18-14-8-12(16)11(15)7-13(14)17/h7-8,10H,3-6,9,17H2,1-2H3. The van der Waals surface area contributed by atoms with Gasteiger partial charge in [0, 0.05) is 6.07 Å². The van der Waals surface area contributed by atoms with Gasteiger partial charge in [0.1, 0.15) is 11.6 Å². The molecule has 0 aliphatic rings. The van der Waals surface area contributed by atoms with Crippen molar-refractivity contribution in [2.75, 3.05) is 12.3 Å². The van der Waals surface area contributed by atoms with Gasteiger partial charge >= 0.3 is 0 Å². The van der Waals surface area contributed by atoms with Crippen molar-refractivity contribution in [1.29, 1.82) is 0 Å². The molecule has 0 amide bonds. The summed E-state index contributed by atoms with van der Waals surface area (Å²) in [7, 11) is 0. The minimum atomic E-state index is -0.346. The zero-order valence-corrected chi connectivity index (χ0v) is 12.6. The predicted molar refractivity (Wildman–Crippen MR) is 77.3 cm³/mol. The maximum Gasteiger partial charge on any atom is 0.145 e. The Morgan fingerprint density at radius 1 is 1.39 bits per heavy atom. The number of unbranched alkanes of at least 4 members (excludes halogenated alkanes) is 1. The molecule has 0 spiro atoms. The molecule has 0 aliphatic heterocycles. The SMILES string of the molecule is CCCCC(CC)COc1cc(F)c(Br)cc1N. The minimum Gasteiger partial charge on any atom is -0.491 e. The van der Waals surface area contributed by atoms with Gasteiger partial charge in [-0.3, -0.25) is 0 Å². The molecular weight excluding hydrogens is 297 g/mol. The summed E-state index contributed by atoms with van der Waals surface area (Å²) in [6.45, 7) is 4.92. The average Bonchev–Trinajstić information content (AvgIpc) is 2.35. The first-order valence-electron chi connectivity index (χ1n) is 6.45. The van der Waals surface area contributed by atoms with Crippen LogP contribution in [0.15, 0.2) is 16.6 Å². The van der Waals surface area contributed by atoms with Crippen LogP contribution in [-0.2, 0) is 0 Å². The Hall–Kier alpha value is -0.770. The molecule has 0 saturated heterocycles. The molecule has 4 heteroatoms. The van der Waals surface area contributed by atoms with Crippen molar-refractivity contribution in [1.82, 2.24) is 0 Å². The summed E-state index contributed by atoms with van der Waals surface area (Å²) in [6, 6.07) is 2.88. The molecule has 1 rings (SSSR count). The van der Waals surface area contributed by atoms with Crippen LogP contribution in [0.3, 0.4) is 0 Å². The van der Waals surface area contributed by atoms with Gasteiger partial charge in [-0.2, -0.15) is 0 Å². The molecule has 2 N–H and O–H groups in total. The van der Waals surface area contributed by atoms with Crippen molar-refractivity contribution in [3.05, 3.63) is 22.4 Å². The quantitative estimate of drug-likeness (QED) is 0.735. The first-order valence-corrected chi connectivity index (χ1v) is 7.25. The summed E-state index contributed by atoms with van der Waals surface area (Å²) in [5, 5.41) is 0. The van der Waals surface area contributed by atoms with Crippen LogP contribution in [0.2, 0.25) is 0 Å². The molecule has 0 saturated carbocycles. The molecule has 0 aliphatic carbocycles. The second kappa shape index (κ2) is 7.62. The Balaban J connectivity index is 2.59. The molecule has 1 atom stereocenters. The number of ether oxygens (including phenoxy) is 1. The summed E-state index contributed by atoms with van der Waals surface area (Å²) >= 11 is 3.10. The summed E-state index contributed by atoms with van der Waals surface area (Å²) in [5.74, 6) is 0.600. The Labute approximate surface area is 117 Å². The number of halogens is 2. The number of rotatable bonds is 7. The van der Waals surface area contributed by atoms with Crippen LogP contribution in [0.25, 0.3) is 0 Å². The summed E-state index contributed by atoms with van der Waals surface area (Å²) < 4.78 is 19.4. The first kappa shape index (κ1) is 15.3. The third kappa shape index (κ3) is 4.48. The van der Waals surface area contributed by atoms with Gasteiger partial charge in [-0.1, -0.05) is 33.1 Å². The highest BCUT2D eigenvalue weighted by Crippen LogP contribution is 2.29. The molecule has 0 fully saturated rings. The van der Waals surface area contributed by atoms with Gasteiger partial charge in [0.25, 0.3) is 0 Å². The van der Waals surface area contributed by atoms with Gasteiger partial charge in [0.05, 0.1) is 16.8 Å². The third-order valence-corrected chi connectivity index (χ3v) is 3.68. The van der Waals surface area contributed by atoms with Gasteiger partial charge in [-0.05, 0) is 34.3 Å². The fraction of sp³-hybridized carbons (Fsp3) is 0.571. The number of anilines is 1. The molecule has 0 bridgehead atoms. The van der Waals surface area contributed by atoms with Crippen molar-refractivity contribution >= 4 is 21.6 Å². The van der Waals surface area contributed by atoms with Crippen LogP contribution >= 0.6 is 15.9 Å². The van der Waals surface area contributed by atoms with Crippen LogP contribution < -0.4 is 10.5 Å². The van der Waals surface area contributed by atoms with Crippen LogP contribution in [0.5, 0.6) is 5.75 Å². The molecule has 102 valence electrons. The number of benzene rings is 1. The molecule has 1 aromatic rings. The Morgan fingerprint density at radius 3 is 2.72 bits per heavy atom. The van der Waals surface area contributed by atoms with Crippen LogP contribution in [0.4, 0.5) is 10.1 Å². The van der Waals surface area contributed by atoms with E-state index in [0.29, 0.717) is 28.4 Å². The van der Waals surface area contributed by atoms with E-state index in [9.17, 15) is 4.39 Å². The lowest BCUT2D eigenvalue weighted by Crippen LogP contribution is -2.12. The van der Waals surface area contributed by atoms with Gasteiger partial charge in [-0.25, -0.2) is 4.39 Å². The number of hydrogen-bond donors (Lipinski definition) is 1. The number of hydrogen-bond acceptors (Lipinski definition) is 2. The highest BCUT2D eigenvalue weighted by Gasteiger charge is 2.10. The number of nitrogens with two attached hydrogens (primary N) is 1. The van der Waals surface area contributed by atoms with E-state index in [1.165, 1.54) is 25.0 Å². The lowest BCUT2D eigenvalue weighted by molar-refractivity contribution is 0.233. The van der Waals surface area contributed by atoms with Gasteiger partial charge in [-0.15, -0.1) is 0 Å². The third-order valence-electron chi connectivity index (χ3n) is 3.07. The summed E-state index contributed by atoms with van der Waals surface area (Å²) in [5.41, 5.74) is 6.26. The monoisotopic (exact) mass is 317 g/mol. The van der Waals surface area contributed by atoms with Gasteiger partial charge in [0.2, 0.25) is 0 Å². The van der Waals surface area contributed by atoms with Crippen molar-refractivity contribution in [2.24, 2.45) is 5.92 Å². The first-order chi connectivity index (χ1) is 8.58. The van der Waals surface area contributed by atoms with Crippen molar-refractivity contribution in [3.63, 3.8) is 0 Å². The molecule has 0 radical (unpaired) electrons. The highest BCUT2D eigenvalue weighted by molar-refractivity contribution is 9.10. The summed E-state index contributed by atoms with van der Waals surface area (Å²) in [4.78, 5) is 0. The Morgan fingerprint density at radius 2 is 2.11 bits per heavy atom. The van der Waals surface area contributed by atoms with Crippen molar-refractivity contribution in [3.8, 4) is 5.75 Å². The predicted octanol–water partition coefficient (Wildman–Crippen LogP) is 4.77. The molecular formula is C14H21BrFNO. The van der Waals surface area contributed by atoms with Crippen LogP contribution in [0.1, 0.15) is 39.5 Å². The second-order valence-corrected chi connectivity index (χ2v) is 5.39. The fourth-order valence-corrected chi connectivity index (χ4v) is 2.14. The van der Waals surface area contributed by atoms with Crippen molar-refractivity contribution in [2.45, 2.75) is 39.5 Å². The van der Waals surface area contributed by atoms with E-state index in [4.69, 9.17) is 10.5 Å². The molecule has 1 unspecified atom stereocenters. The van der Waals surface area contributed by atoms with E-state index >= 15 is 0 Å². The molecule has 2 nitrogen and oxygen atoms in total. The van der Waals surface area contributed by atoms with Gasteiger partial charge in [0.15, 0.2) is 0 Å². The van der Waals surface area contributed by atoms with E-state index < -0.39 is 0 Å². The van der Waals surface area contributed by atoms with E-state index in [-0.39, 0.29) is 5.82 Å². The van der Waals surface area contributed by atoms with Gasteiger partial charge < -0.3 is 10.5 Å². The maximum absolute atomic E-state index is 13.4. The zero-order chi connectivity index (χ0) is 13.5. The topological polar surface area (TPSA) is 35.2 Å².